The van der Waals surface area contributed by atoms with Gasteiger partial charge in [-0.1, -0.05) is 24.3 Å². The van der Waals surface area contributed by atoms with Gasteiger partial charge in [0.25, 0.3) is 0 Å². The Morgan fingerprint density at radius 1 is 1.07 bits per heavy atom. The van der Waals surface area contributed by atoms with Crippen molar-refractivity contribution in [3.05, 3.63) is 71.3 Å². The van der Waals surface area contributed by atoms with Crippen molar-refractivity contribution in [2.24, 2.45) is 0 Å². The number of methoxy groups -OCH3 is 1. The number of carbonyl (C=O) groups is 2. The van der Waals surface area contributed by atoms with Crippen LogP contribution < -0.4 is 4.74 Å². The SMILES string of the molecule is COC(=O)c1ccc(CN(C)C(=O)/C=C/c2ccc(OC(F)F)cc2)cc1. The average Bonchev–Trinajstić information content (AvgIpc) is 2.66. The second-order valence-corrected chi connectivity index (χ2v) is 5.66. The van der Waals surface area contributed by atoms with Gasteiger partial charge in [0.2, 0.25) is 5.91 Å². The van der Waals surface area contributed by atoms with Crippen LogP contribution >= 0.6 is 0 Å². The van der Waals surface area contributed by atoms with Crippen molar-refractivity contribution in [3.8, 4) is 5.75 Å². The molecule has 0 N–H and O–H groups in total. The number of ether oxygens (including phenoxy) is 2. The molecule has 0 bridgehead atoms. The lowest BCUT2D eigenvalue weighted by Crippen LogP contribution is -2.24. The standard InChI is InChI=1S/C20H19F2NO4/c1-23(13-15-3-8-16(9-4-15)19(25)26-2)18(24)12-7-14-5-10-17(11-6-14)27-20(21)22/h3-12,20H,13H2,1-2H3/b12-7+. The molecule has 0 aliphatic rings. The van der Waals surface area contributed by atoms with Gasteiger partial charge in [-0.3, -0.25) is 4.79 Å². The van der Waals surface area contributed by atoms with Gasteiger partial charge in [-0.2, -0.15) is 8.78 Å². The largest absolute Gasteiger partial charge is 0.465 e. The smallest absolute Gasteiger partial charge is 0.387 e. The number of carbonyl (C=O) groups excluding carboxylic acids is 2. The molecule has 0 saturated carbocycles. The number of amides is 1. The highest BCUT2D eigenvalue weighted by Crippen LogP contribution is 2.16. The highest BCUT2D eigenvalue weighted by atomic mass is 19.3. The molecule has 0 saturated heterocycles. The average molecular weight is 375 g/mol. The first-order valence-corrected chi connectivity index (χ1v) is 8.04. The van der Waals surface area contributed by atoms with Crippen LogP contribution in [0.1, 0.15) is 21.5 Å². The molecule has 1 amide bonds. The number of benzene rings is 2. The number of hydrogen-bond acceptors (Lipinski definition) is 4. The molecule has 2 rings (SSSR count). The summed E-state index contributed by atoms with van der Waals surface area (Å²) in [7, 11) is 2.97. The Morgan fingerprint density at radius 2 is 1.70 bits per heavy atom. The second kappa shape index (κ2) is 9.47. The van der Waals surface area contributed by atoms with Gasteiger partial charge in [-0.25, -0.2) is 4.79 Å². The molecule has 2 aromatic rings. The Balaban J connectivity index is 1.92. The minimum atomic E-state index is -2.87. The first-order valence-electron chi connectivity index (χ1n) is 8.04. The van der Waals surface area contributed by atoms with Gasteiger partial charge in [-0.15, -0.1) is 0 Å². The molecular weight excluding hydrogens is 356 g/mol. The summed E-state index contributed by atoms with van der Waals surface area (Å²) in [6.45, 7) is -2.51. The van der Waals surface area contributed by atoms with Crippen LogP contribution in [0.2, 0.25) is 0 Å². The summed E-state index contributed by atoms with van der Waals surface area (Å²) in [5.41, 5.74) is 1.98. The van der Waals surface area contributed by atoms with Crippen molar-refractivity contribution >= 4 is 18.0 Å². The maximum atomic E-state index is 12.2. The Bertz CT molecular complexity index is 802. The molecule has 27 heavy (non-hydrogen) atoms. The Hall–Kier alpha value is -3.22. The number of halogens is 2. The van der Waals surface area contributed by atoms with Crippen molar-refractivity contribution in [1.29, 1.82) is 0 Å². The van der Waals surface area contributed by atoms with E-state index in [0.717, 1.165) is 5.56 Å². The summed E-state index contributed by atoms with van der Waals surface area (Å²) in [6, 6.07) is 12.7. The lowest BCUT2D eigenvalue weighted by atomic mass is 10.1. The van der Waals surface area contributed by atoms with E-state index in [0.29, 0.717) is 17.7 Å². The monoisotopic (exact) mass is 375 g/mol. The molecule has 142 valence electrons. The first-order chi connectivity index (χ1) is 12.9. The third-order valence-electron chi connectivity index (χ3n) is 3.69. The molecule has 0 aliphatic carbocycles. The summed E-state index contributed by atoms with van der Waals surface area (Å²) >= 11 is 0. The van der Waals surface area contributed by atoms with Crippen LogP contribution in [-0.2, 0) is 16.1 Å². The van der Waals surface area contributed by atoms with E-state index < -0.39 is 12.6 Å². The summed E-state index contributed by atoms with van der Waals surface area (Å²) in [6.07, 6.45) is 2.98. The van der Waals surface area contributed by atoms with E-state index in [1.165, 1.54) is 30.2 Å². The third-order valence-corrected chi connectivity index (χ3v) is 3.69. The maximum Gasteiger partial charge on any atom is 0.387 e. The van der Waals surface area contributed by atoms with Crippen molar-refractivity contribution in [2.75, 3.05) is 14.2 Å². The van der Waals surface area contributed by atoms with Gasteiger partial charge >= 0.3 is 12.6 Å². The molecular formula is C20H19F2NO4. The van der Waals surface area contributed by atoms with Crippen LogP contribution in [0.4, 0.5) is 8.78 Å². The maximum absolute atomic E-state index is 12.2. The van der Waals surface area contributed by atoms with Crippen LogP contribution in [0.3, 0.4) is 0 Å². The predicted molar refractivity (Wildman–Crippen MR) is 96.4 cm³/mol. The quantitative estimate of drug-likeness (QED) is 0.546. The van der Waals surface area contributed by atoms with Crippen LogP contribution in [0.5, 0.6) is 5.75 Å². The third kappa shape index (κ3) is 6.22. The first kappa shape index (κ1) is 20.1. The van der Waals surface area contributed by atoms with Gasteiger partial charge in [-0.05, 0) is 41.5 Å². The fourth-order valence-electron chi connectivity index (χ4n) is 2.27. The lowest BCUT2D eigenvalue weighted by molar-refractivity contribution is -0.125. The number of likely N-dealkylation sites (N-methyl/N-ethyl adjacent to an activating group) is 1. The molecule has 7 heteroatoms. The number of esters is 1. The van der Waals surface area contributed by atoms with E-state index in [2.05, 4.69) is 9.47 Å². The van der Waals surface area contributed by atoms with Crippen LogP contribution in [-0.4, -0.2) is 37.5 Å². The highest BCUT2D eigenvalue weighted by Gasteiger charge is 2.08. The fraction of sp³-hybridized carbons (Fsp3) is 0.200. The highest BCUT2D eigenvalue weighted by molar-refractivity contribution is 5.91. The normalized spacial score (nSPS) is 10.9. The molecule has 0 heterocycles. The molecule has 0 spiro atoms. The van der Waals surface area contributed by atoms with E-state index in [1.807, 2.05) is 0 Å². The zero-order valence-corrected chi connectivity index (χ0v) is 14.9. The van der Waals surface area contributed by atoms with Gasteiger partial charge in [0.05, 0.1) is 12.7 Å². The zero-order valence-electron chi connectivity index (χ0n) is 14.9. The van der Waals surface area contributed by atoms with E-state index in [4.69, 9.17) is 0 Å². The second-order valence-electron chi connectivity index (χ2n) is 5.66. The minimum Gasteiger partial charge on any atom is -0.465 e. The summed E-state index contributed by atoms with van der Waals surface area (Å²) in [5.74, 6) is -0.583. The van der Waals surface area contributed by atoms with Crippen LogP contribution in [0.15, 0.2) is 54.6 Å². The van der Waals surface area contributed by atoms with Crippen LogP contribution in [0.25, 0.3) is 6.08 Å². The number of nitrogens with zero attached hydrogens (tertiary/aromatic N) is 1. The van der Waals surface area contributed by atoms with Gasteiger partial charge in [0.1, 0.15) is 5.75 Å². The molecule has 0 aromatic heterocycles. The van der Waals surface area contributed by atoms with E-state index in [1.54, 1.807) is 49.5 Å². The van der Waals surface area contributed by atoms with Crippen molar-refractivity contribution in [1.82, 2.24) is 4.90 Å². The van der Waals surface area contributed by atoms with E-state index >= 15 is 0 Å². The van der Waals surface area contributed by atoms with Gasteiger partial charge in [0.15, 0.2) is 0 Å². The summed E-state index contributed by atoms with van der Waals surface area (Å²) in [4.78, 5) is 25.1. The fourth-order valence-corrected chi connectivity index (χ4v) is 2.27. The Labute approximate surface area is 155 Å². The molecule has 2 aromatic carbocycles. The number of hydrogen-bond donors (Lipinski definition) is 0. The molecule has 0 fully saturated rings. The number of alkyl halides is 2. The molecule has 0 unspecified atom stereocenters. The van der Waals surface area contributed by atoms with Crippen molar-refractivity contribution in [3.63, 3.8) is 0 Å². The molecule has 5 nitrogen and oxygen atoms in total. The van der Waals surface area contributed by atoms with Crippen LogP contribution in [0, 0.1) is 0 Å². The van der Waals surface area contributed by atoms with Gasteiger partial charge in [0, 0.05) is 19.7 Å². The zero-order chi connectivity index (χ0) is 19.8. The lowest BCUT2D eigenvalue weighted by Gasteiger charge is -2.15. The summed E-state index contributed by atoms with van der Waals surface area (Å²) in [5, 5.41) is 0. The van der Waals surface area contributed by atoms with Crippen molar-refractivity contribution in [2.45, 2.75) is 13.2 Å². The van der Waals surface area contributed by atoms with E-state index in [-0.39, 0.29) is 11.7 Å². The van der Waals surface area contributed by atoms with Gasteiger partial charge < -0.3 is 14.4 Å². The Kier molecular flexibility index (Phi) is 7.05. The minimum absolute atomic E-state index is 0.0565. The molecule has 0 radical (unpaired) electrons. The topological polar surface area (TPSA) is 55.8 Å². The number of rotatable bonds is 7. The Morgan fingerprint density at radius 3 is 2.26 bits per heavy atom. The molecule has 0 atom stereocenters. The molecule has 0 aliphatic heterocycles. The predicted octanol–water partition coefficient (Wildman–Crippen LogP) is 3.75. The van der Waals surface area contributed by atoms with Crippen molar-refractivity contribution < 1.29 is 27.8 Å². The summed E-state index contributed by atoms with van der Waals surface area (Å²) < 4.78 is 33.1. The van der Waals surface area contributed by atoms with E-state index in [9.17, 15) is 18.4 Å².